The maximum Gasteiger partial charge on any atom is 0.143 e. The molecular weight excluding hydrogens is 310 g/mol. The van der Waals surface area contributed by atoms with Crippen LogP contribution in [0.4, 0.5) is 5.69 Å². The largest absolute Gasteiger partial charge is 0.358 e. The molecule has 1 aliphatic carbocycles. The molecule has 0 fully saturated rings. The van der Waals surface area contributed by atoms with Crippen LogP contribution in [-0.2, 0) is 4.79 Å². The van der Waals surface area contributed by atoms with Gasteiger partial charge in [0.25, 0.3) is 0 Å². The highest BCUT2D eigenvalue weighted by Gasteiger charge is 2.39. The second-order valence-corrected chi connectivity index (χ2v) is 8.09. The summed E-state index contributed by atoms with van der Waals surface area (Å²) in [5.41, 5.74) is 2.20. The van der Waals surface area contributed by atoms with Crippen LogP contribution in [0.2, 0.25) is 0 Å². The number of rotatable bonds is 1. The van der Waals surface area contributed by atoms with Crippen molar-refractivity contribution in [2.45, 2.75) is 23.5 Å². The number of allylic oxidation sites excluding steroid dienone is 2. The van der Waals surface area contributed by atoms with Gasteiger partial charge in [0.05, 0.1) is 16.9 Å². The number of carbonyl (C=O) groups is 1. The van der Waals surface area contributed by atoms with Crippen LogP contribution in [0.3, 0.4) is 0 Å². The fraction of sp³-hybridized carbons (Fsp3) is 0.278. The summed E-state index contributed by atoms with van der Waals surface area (Å²) in [4.78, 5) is 15.3. The summed E-state index contributed by atoms with van der Waals surface area (Å²) in [6.07, 6.45) is 2.89. The van der Waals surface area contributed by atoms with Gasteiger partial charge in [0.15, 0.2) is 0 Å². The molecule has 0 amide bonds. The molecule has 4 rings (SSSR count). The quantitative estimate of drug-likeness (QED) is 0.788. The number of nitrogens with one attached hydrogen (secondary N) is 1. The van der Waals surface area contributed by atoms with Crippen LogP contribution in [-0.4, -0.2) is 5.78 Å². The predicted molar refractivity (Wildman–Crippen MR) is 93.3 cm³/mol. The van der Waals surface area contributed by atoms with Gasteiger partial charge in [-0.05, 0) is 29.5 Å². The highest BCUT2D eigenvalue weighted by Crippen LogP contribution is 2.51. The molecule has 1 aromatic heterocycles. The Morgan fingerprint density at radius 3 is 2.86 bits per heavy atom. The van der Waals surface area contributed by atoms with E-state index in [0.717, 1.165) is 11.4 Å². The molecule has 2 heterocycles. The summed E-state index contributed by atoms with van der Waals surface area (Å²) in [7, 11) is 0. The monoisotopic (exact) mass is 327 g/mol. The minimum Gasteiger partial charge on any atom is -0.358 e. The fourth-order valence-corrected chi connectivity index (χ4v) is 5.61. The van der Waals surface area contributed by atoms with Gasteiger partial charge in [0.2, 0.25) is 0 Å². The van der Waals surface area contributed by atoms with Crippen LogP contribution in [0.5, 0.6) is 0 Å². The number of Topliss-reactive ketones (excluding diaryl/α,β-unsaturated/α-hetero) is 1. The topological polar surface area (TPSA) is 29.1 Å². The van der Waals surface area contributed by atoms with Crippen LogP contribution in [0.25, 0.3) is 0 Å². The van der Waals surface area contributed by atoms with Crippen LogP contribution >= 0.6 is 23.1 Å². The minimum atomic E-state index is -0.0627. The SMILES string of the molecule is C[C@@H]1C=C2Nc3ccccc3S[C@H](c3cccs3)[C@H]2C(=O)C1. The maximum atomic E-state index is 12.8. The van der Waals surface area contributed by atoms with E-state index >= 15 is 0 Å². The van der Waals surface area contributed by atoms with Crippen LogP contribution in [0.15, 0.2) is 58.4 Å². The molecule has 112 valence electrons. The van der Waals surface area contributed by atoms with Crippen molar-refractivity contribution < 1.29 is 4.79 Å². The van der Waals surface area contributed by atoms with Gasteiger partial charge in [-0.15, -0.1) is 23.1 Å². The number of anilines is 1. The maximum absolute atomic E-state index is 12.8. The number of thioether (sulfide) groups is 1. The van der Waals surface area contributed by atoms with Crippen LogP contribution < -0.4 is 5.32 Å². The zero-order valence-electron chi connectivity index (χ0n) is 12.3. The van der Waals surface area contributed by atoms with Gasteiger partial charge in [-0.1, -0.05) is 31.2 Å². The van der Waals surface area contributed by atoms with Crippen molar-refractivity contribution in [1.82, 2.24) is 0 Å². The smallest absolute Gasteiger partial charge is 0.143 e. The first-order valence-corrected chi connectivity index (χ1v) is 9.29. The van der Waals surface area contributed by atoms with Crippen molar-refractivity contribution >= 4 is 34.6 Å². The van der Waals surface area contributed by atoms with E-state index in [1.165, 1.54) is 9.77 Å². The lowest BCUT2D eigenvalue weighted by molar-refractivity contribution is -0.122. The number of hydrogen-bond acceptors (Lipinski definition) is 4. The molecule has 0 unspecified atom stereocenters. The molecule has 3 atom stereocenters. The lowest BCUT2D eigenvalue weighted by atomic mass is 9.83. The number of thiophene rings is 1. The molecule has 22 heavy (non-hydrogen) atoms. The molecule has 0 bridgehead atoms. The average Bonchev–Trinajstić information content (AvgIpc) is 2.95. The molecule has 1 aliphatic heterocycles. The van der Waals surface area contributed by atoms with E-state index in [0.29, 0.717) is 18.1 Å². The Labute approximate surface area is 138 Å². The Balaban J connectivity index is 1.86. The summed E-state index contributed by atoms with van der Waals surface area (Å²) >= 11 is 3.56. The van der Waals surface area contributed by atoms with Gasteiger partial charge in [0, 0.05) is 21.9 Å². The molecule has 1 aromatic carbocycles. The normalized spacial score (nSPS) is 27.2. The van der Waals surface area contributed by atoms with Gasteiger partial charge in [-0.25, -0.2) is 0 Å². The fourth-order valence-electron chi connectivity index (χ4n) is 3.25. The number of hydrogen-bond donors (Lipinski definition) is 1. The number of para-hydroxylation sites is 1. The van der Waals surface area contributed by atoms with Crippen molar-refractivity contribution in [1.29, 1.82) is 0 Å². The van der Waals surface area contributed by atoms with Gasteiger partial charge in [-0.2, -0.15) is 0 Å². The Kier molecular flexibility index (Phi) is 3.59. The van der Waals surface area contributed by atoms with Crippen LogP contribution in [0, 0.1) is 11.8 Å². The first kappa shape index (κ1) is 14.1. The molecule has 0 spiro atoms. The Morgan fingerprint density at radius 1 is 1.18 bits per heavy atom. The van der Waals surface area contributed by atoms with E-state index in [9.17, 15) is 4.79 Å². The van der Waals surface area contributed by atoms with Gasteiger partial charge < -0.3 is 5.32 Å². The Morgan fingerprint density at radius 2 is 2.05 bits per heavy atom. The third-order valence-electron chi connectivity index (χ3n) is 4.22. The number of fused-ring (bicyclic) bond motifs is 2. The molecule has 2 aliphatic rings. The highest BCUT2D eigenvalue weighted by molar-refractivity contribution is 7.99. The number of benzene rings is 1. The second kappa shape index (κ2) is 5.60. The van der Waals surface area contributed by atoms with Crippen molar-refractivity contribution in [3.63, 3.8) is 0 Å². The average molecular weight is 327 g/mol. The summed E-state index contributed by atoms with van der Waals surface area (Å²) < 4.78 is 0. The molecule has 4 heteroatoms. The first-order chi connectivity index (χ1) is 10.7. The predicted octanol–water partition coefficient (Wildman–Crippen LogP) is 5.12. The van der Waals surface area contributed by atoms with Crippen molar-refractivity contribution in [3.8, 4) is 0 Å². The van der Waals surface area contributed by atoms with E-state index in [-0.39, 0.29) is 11.2 Å². The van der Waals surface area contributed by atoms with Gasteiger partial charge in [0.1, 0.15) is 5.78 Å². The lowest BCUT2D eigenvalue weighted by Gasteiger charge is -2.29. The molecule has 1 N–H and O–H groups in total. The van der Waals surface area contributed by atoms with Gasteiger partial charge in [-0.3, -0.25) is 4.79 Å². The minimum absolute atomic E-state index is 0.0627. The molecule has 2 nitrogen and oxygen atoms in total. The standard InChI is InChI=1S/C18H17NOS2/c1-11-9-13-17(14(20)10-11)18(16-7-4-8-21-16)22-15-6-3-2-5-12(15)19-13/h2-9,11,17-19H,10H2,1H3/t11-,17-,18-/m1/s1. The third-order valence-corrected chi connectivity index (χ3v) is 6.71. The Bertz CT molecular complexity index is 735. The summed E-state index contributed by atoms with van der Waals surface area (Å²) in [5.74, 6) is 0.606. The van der Waals surface area contributed by atoms with E-state index in [2.05, 4.69) is 54.0 Å². The molecular formula is C18H17NOS2. The van der Waals surface area contributed by atoms with Crippen molar-refractivity contribution in [3.05, 3.63) is 58.4 Å². The zero-order valence-corrected chi connectivity index (χ0v) is 13.9. The third kappa shape index (κ3) is 2.40. The van der Waals surface area contributed by atoms with Crippen molar-refractivity contribution in [2.24, 2.45) is 11.8 Å². The molecule has 0 saturated heterocycles. The van der Waals surface area contributed by atoms with Crippen molar-refractivity contribution in [2.75, 3.05) is 5.32 Å². The molecule has 0 radical (unpaired) electrons. The lowest BCUT2D eigenvalue weighted by Crippen LogP contribution is -2.30. The first-order valence-electron chi connectivity index (χ1n) is 7.53. The highest BCUT2D eigenvalue weighted by atomic mass is 32.2. The van der Waals surface area contributed by atoms with E-state index in [1.807, 2.05) is 17.8 Å². The van der Waals surface area contributed by atoms with E-state index < -0.39 is 0 Å². The van der Waals surface area contributed by atoms with E-state index in [1.54, 1.807) is 11.3 Å². The van der Waals surface area contributed by atoms with Gasteiger partial charge >= 0.3 is 0 Å². The number of ketones is 1. The van der Waals surface area contributed by atoms with E-state index in [4.69, 9.17) is 0 Å². The second-order valence-electron chi connectivity index (χ2n) is 5.92. The molecule has 0 saturated carbocycles. The summed E-state index contributed by atoms with van der Waals surface area (Å²) in [6.45, 7) is 2.12. The van der Waals surface area contributed by atoms with Crippen LogP contribution in [0.1, 0.15) is 23.5 Å². The summed E-state index contributed by atoms with van der Waals surface area (Å²) in [5, 5.41) is 5.80. The Hall–Kier alpha value is -1.52. The zero-order chi connectivity index (χ0) is 15.1. The number of carbonyl (C=O) groups excluding carboxylic acids is 1. The summed E-state index contributed by atoms with van der Waals surface area (Å²) in [6, 6.07) is 12.6. The molecule has 2 aromatic rings.